The van der Waals surface area contributed by atoms with E-state index in [2.05, 4.69) is 18.7 Å². The fraction of sp³-hybridized carbons (Fsp3) is 0.933. The van der Waals surface area contributed by atoms with Crippen molar-refractivity contribution in [2.24, 2.45) is 23.0 Å². The molecule has 0 bridgehead atoms. The molecule has 2 rings (SSSR count). The van der Waals surface area contributed by atoms with Crippen LogP contribution >= 0.6 is 0 Å². The number of carbonyl (C=O) groups is 1. The first-order chi connectivity index (χ1) is 8.61. The molecule has 0 radical (unpaired) electrons. The highest BCUT2D eigenvalue weighted by Gasteiger charge is 2.42. The van der Waals surface area contributed by atoms with Crippen LogP contribution in [0.15, 0.2) is 0 Å². The van der Waals surface area contributed by atoms with E-state index in [0.29, 0.717) is 12.5 Å². The SMILES string of the molecule is CCN(CC1CC1)C(=O)C1(CN)CCC(C)CC1. The van der Waals surface area contributed by atoms with Crippen LogP contribution in [0.4, 0.5) is 0 Å². The summed E-state index contributed by atoms with van der Waals surface area (Å²) in [5, 5.41) is 0. The molecular weight excluding hydrogens is 224 g/mol. The second kappa shape index (κ2) is 5.60. The van der Waals surface area contributed by atoms with E-state index in [1.54, 1.807) is 0 Å². The number of hydrogen-bond donors (Lipinski definition) is 1. The first kappa shape index (κ1) is 13.9. The Balaban J connectivity index is 2.02. The van der Waals surface area contributed by atoms with Gasteiger partial charge in [-0.1, -0.05) is 6.92 Å². The first-order valence-corrected chi connectivity index (χ1v) is 7.60. The van der Waals surface area contributed by atoms with Crippen molar-refractivity contribution in [3.05, 3.63) is 0 Å². The molecule has 0 aromatic heterocycles. The maximum atomic E-state index is 12.8. The van der Waals surface area contributed by atoms with Crippen molar-refractivity contribution in [2.45, 2.75) is 52.4 Å². The van der Waals surface area contributed by atoms with Gasteiger partial charge in [-0.25, -0.2) is 0 Å². The van der Waals surface area contributed by atoms with Gasteiger partial charge >= 0.3 is 0 Å². The number of rotatable bonds is 5. The van der Waals surface area contributed by atoms with E-state index < -0.39 is 0 Å². The molecule has 1 amide bonds. The summed E-state index contributed by atoms with van der Waals surface area (Å²) in [6, 6.07) is 0. The van der Waals surface area contributed by atoms with Crippen molar-refractivity contribution in [1.29, 1.82) is 0 Å². The van der Waals surface area contributed by atoms with Gasteiger partial charge in [-0.05, 0) is 57.3 Å². The molecule has 0 heterocycles. The van der Waals surface area contributed by atoms with Crippen LogP contribution in [0.1, 0.15) is 52.4 Å². The third-order valence-corrected chi connectivity index (χ3v) is 4.92. The monoisotopic (exact) mass is 252 g/mol. The quantitative estimate of drug-likeness (QED) is 0.816. The lowest BCUT2D eigenvalue weighted by molar-refractivity contribution is -0.144. The van der Waals surface area contributed by atoms with Gasteiger partial charge in [-0.15, -0.1) is 0 Å². The molecule has 2 N–H and O–H groups in total. The standard InChI is InChI=1S/C15H28N2O/c1-3-17(10-13-4-5-13)14(18)15(11-16)8-6-12(2)7-9-15/h12-13H,3-11,16H2,1-2H3. The highest BCUT2D eigenvalue weighted by atomic mass is 16.2. The molecule has 0 saturated heterocycles. The highest BCUT2D eigenvalue weighted by molar-refractivity contribution is 5.83. The number of carbonyl (C=O) groups excluding carboxylic acids is 1. The second-order valence-corrected chi connectivity index (χ2v) is 6.45. The lowest BCUT2D eigenvalue weighted by atomic mass is 9.70. The van der Waals surface area contributed by atoms with E-state index in [4.69, 9.17) is 5.73 Å². The Morgan fingerprint density at radius 2 is 1.89 bits per heavy atom. The zero-order valence-corrected chi connectivity index (χ0v) is 12.0. The molecule has 3 nitrogen and oxygen atoms in total. The van der Waals surface area contributed by atoms with Crippen LogP contribution in [0.2, 0.25) is 0 Å². The van der Waals surface area contributed by atoms with E-state index in [1.165, 1.54) is 12.8 Å². The number of nitrogens with zero attached hydrogens (tertiary/aromatic N) is 1. The van der Waals surface area contributed by atoms with Crippen LogP contribution in [-0.4, -0.2) is 30.4 Å². The van der Waals surface area contributed by atoms with Crippen molar-refractivity contribution >= 4 is 5.91 Å². The minimum Gasteiger partial charge on any atom is -0.342 e. The molecule has 2 saturated carbocycles. The van der Waals surface area contributed by atoms with Crippen molar-refractivity contribution < 1.29 is 4.79 Å². The lowest BCUT2D eigenvalue weighted by Gasteiger charge is -2.40. The van der Waals surface area contributed by atoms with Gasteiger partial charge < -0.3 is 10.6 Å². The molecule has 0 unspecified atom stereocenters. The van der Waals surface area contributed by atoms with E-state index in [1.807, 2.05) is 0 Å². The summed E-state index contributed by atoms with van der Waals surface area (Å²) < 4.78 is 0. The van der Waals surface area contributed by atoms with Gasteiger partial charge in [0.1, 0.15) is 0 Å². The van der Waals surface area contributed by atoms with Gasteiger partial charge in [0, 0.05) is 19.6 Å². The van der Waals surface area contributed by atoms with Crippen LogP contribution in [0.5, 0.6) is 0 Å². The molecule has 104 valence electrons. The van der Waals surface area contributed by atoms with Gasteiger partial charge in [-0.3, -0.25) is 4.79 Å². The minimum atomic E-state index is -0.239. The molecule has 18 heavy (non-hydrogen) atoms. The van der Waals surface area contributed by atoms with Crippen molar-refractivity contribution in [3.63, 3.8) is 0 Å². The van der Waals surface area contributed by atoms with E-state index >= 15 is 0 Å². The largest absolute Gasteiger partial charge is 0.342 e. The van der Waals surface area contributed by atoms with Crippen molar-refractivity contribution in [2.75, 3.05) is 19.6 Å². The predicted octanol–water partition coefficient (Wildman–Crippen LogP) is 2.40. The van der Waals surface area contributed by atoms with Crippen molar-refractivity contribution in [1.82, 2.24) is 4.90 Å². The second-order valence-electron chi connectivity index (χ2n) is 6.45. The third-order valence-electron chi connectivity index (χ3n) is 4.92. The summed E-state index contributed by atoms with van der Waals surface area (Å²) >= 11 is 0. The summed E-state index contributed by atoms with van der Waals surface area (Å²) in [7, 11) is 0. The molecular formula is C15H28N2O. The van der Waals surface area contributed by atoms with Gasteiger partial charge in [0.05, 0.1) is 5.41 Å². The average molecular weight is 252 g/mol. The Labute approximate surface area is 111 Å². The molecule has 0 aliphatic heterocycles. The third kappa shape index (κ3) is 2.87. The summed E-state index contributed by atoms with van der Waals surface area (Å²) in [5.74, 6) is 1.87. The van der Waals surface area contributed by atoms with Gasteiger partial charge in [-0.2, -0.15) is 0 Å². The minimum absolute atomic E-state index is 0.239. The van der Waals surface area contributed by atoms with Crippen LogP contribution in [0, 0.1) is 17.3 Å². The van der Waals surface area contributed by atoms with E-state index in [0.717, 1.165) is 50.6 Å². The maximum Gasteiger partial charge on any atom is 0.230 e. The Morgan fingerprint density at radius 1 is 1.28 bits per heavy atom. The molecule has 2 aliphatic rings. The molecule has 0 spiro atoms. The Hall–Kier alpha value is -0.570. The lowest BCUT2D eigenvalue weighted by Crippen LogP contribution is -2.50. The normalized spacial score (nSPS) is 32.3. The fourth-order valence-electron chi connectivity index (χ4n) is 3.12. The first-order valence-electron chi connectivity index (χ1n) is 7.60. The van der Waals surface area contributed by atoms with Crippen LogP contribution in [0.25, 0.3) is 0 Å². The Bertz CT molecular complexity index is 291. The molecule has 0 atom stereocenters. The van der Waals surface area contributed by atoms with Crippen molar-refractivity contribution in [3.8, 4) is 0 Å². The van der Waals surface area contributed by atoms with Gasteiger partial charge in [0.25, 0.3) is 0 Å². The van der Waals surface area contributed by atoms with E-state index in [9.17, 15) is 4.79 Å². The molecule has 3 heteroatoms. The highest BCUT2D eigenvalue weighted by Crippen LogP contribution is 2.40. The zero-order chi connectivity index (χ0) is 13.2. The van der Waals surface area contributed by atoms with Crippen LogP contribution < -0.4 is 5.73 Å². The van der Waals surface area contributed by atoms with Crippen LogP contribution in [-0.2, 0) is 4.79 Å². The fourth-order valence-corrected chi connectivity index (χ4v) is 3.12. The number of hydrogen-bond acceptors (Lipinski definition) is 2. The summed E-state index contributed by atoms with van der Waals surface area (Å²) in [6.45, 7) is 6.71. The predicted molar refractivity (Wildman–Crippen MR) is 74.1 cm³/mol. The molecule has 0 aromatic carbocycles. The summed E-state index contributed by atoms with van der Waals surface area (Å²) in [5.41, 5.74) is 5.74. The number of nitrogens with two attached hydrogens (primary N) is 1. The molecule has 2 aliphatic carbocycles. The average Bonchev–Trinajstić information content (AvgIpc) is 3.20. The Morgan fingerprint density at radius 3 is 2.33 bits per heavy atom. The Kier molecular flexibility index (Phi) is 4.31. The maximum absolute atomic E-state index is 12.8. The summed E-state index contributed by atoms with van der Waals surface area (Å²) in [6.07, 6.45) is 6.90. The zero-order valence-electron chi connectivity index (χ0n) is 12.0. The van der Waals surface area contributed by atoms with Crippen LogP contribution in [0.3, 0.4) is 0 Å². The topological polar surface area (TPSA) is 46.3 Å². The smallest absolute Gasteiger partial charge is 0.230 e. The van der Waals surface area contributed by atoms with Gasteiger partial charge in [0.15, 0.2) is 0 Å². The number of amides is 1. The van der Waals surface area contributed by atoms with Gasteiger partial charge in [0.2, 0.25) is 5.91 Å². The van der Waals surface area contributed by atoms with E-state index in [-0.39, 0.29) is 5.41 Å². The molecule has 0 aromatic rings. The molecule has 2 fully saturated rings. The summed E-state index contributed by atoms with van der Waals surface area (Å²) in [4.78, 5) is 14.9.